The Morgan fingerprint density at radius 3 is 2.90 bits per heavy atom. The average molecular weight is 318 g/mol. The van der Waals surface area contributed by atoms with Crippen LogP contribution < -0.4 is 10.0 Å². The molecule has 7 heteroatoms. The van der Waals surface area contributed by atoms with Gasteiger partial charge in [0.2, 0.25) is 5.09 Å². The Morgan fingerprint density at radius 1 is 1.45 bits per heavy atom. The van der Waals surface area contributed by atoms with Gasteiger partial charge in [-0.15, -0.1) is 0 Å². The number of hydrogen-bond acceptors (Lipinski definition) is 5. The highest BCUT2D eigenvalue weighted by Gasteiger charge is 2.24. The van der Waals surface area contributed by atoms with Crippen LogP contribution in [0.2, 0.25) is 0 Å². The van der Waals surface area contributed by atoms with Crippen LogP contribution in [-0.4, -0.2) is 32.0 Å². The van der Waals surface area contributed by atoms with E-state index in [1.165, 1.54) is 6.07 Å². The van der Waals surface area contributed by atoms with Gasteiger partial charge in [0, 0.05) is 17.8 Å². The Kier molecular flexibility index (Phi) is 5.54. The summed E-state index contributed by atoms with van der Waals surface area (Å²) in [4.78, 5) is 0. The van der Waals surface area contributed by atoms with Gasteiger partial charge in [-0.25, -0.2) is 13.1 Å². The first kappa shape index (κ1) is 15.9. The molecule has 2 N–H and O–H groups in total. The van der Waals surface area contributed by atoms with Crippen LogP contribution in [0.4, 0.5) is 0 Å². The third kappa shape index (κ3) is 4.51. The Balaban J connectivity index is 1.98. The molecule has 2 rings (SSSR count). The molecule has 1 aliphatic rings. The summed E-state index contributed by atoms with van der Waals surface area (Å²) in [6.07, 6.45) is 1.95. The molecule has 0 spiro atoms. The van der Waals surface area contributed by atoms with Crippen LogP contribution >= 0.6 is 11.8 Å². The molecule has 1 saturated heterocycles. The molecule has 0 radical (unpaired) electrons. The fourth-order valence-electron chi connectivity index (χ4n) is 2.01. The second-order valence-electron chi connectivity index (χ2n) is 5.29. The summed E-state index contributed by atoms with van der Waals surface area (Å²) < 4.78 is 32.6. The van der Waals surface area contributed by atoms with Gasteiger partial charge < -0.3 is 9.73 Å². The van der Waals surface area contributed by atoms with Crippen LogP contribution in [0, 0.1) is 0 Å². The Morgan fingerprint density at radius 2 is 2.25 bits per heavy atom. The maximum absolute atomic E-state index is 12.2. The second-order valence-corrected chi connectivity index (χ2v) is 8.09. The van der Waals surface area contributed by atoms with Gasteiger partial charge in [0.15, 0.2) is 0 Å². The van der Waals surface area contributed by atoms with Gasteiger partial charge in [0.05, 0.1) is 6.54 Å². The van der Waals surface area contributed by atoms with E-state index in [4.69, 9.17) is 4.42 Å². The summed E-state index contributed by atoms with van der Waals surface area (Å²) >= 11 is 1.79. The monoisotopic (exact) mass is 318 g/mol. The fourth-order valence-corrected chi connectivity index (χ4v) is 4.41. The number of thioether (sulfide) groups is 1. The van der Waals surface area contributed by atoms with E-state index in [2.05, 4.69) is 10.0 Å². The average Bonchev–Trinajstić information content (AvgIpc) is 2.86. The minimum Gasteiger partial charge on any atom is -0.447 e. The molecule has 0 saturated carbocycles. The first-order valence-electron chi connectivity index (χ1n) is 6.89. The fraction of sp³-hybridized carbons (Fsp3) is 0.692. The molecule has 1 aliphatic heterocycles. The Bertz CT molecular complexity index is 519. The first-order chi connectivity index (χ1) is 9.47. The van der Waals surface area contributed by atoms with E-state index in [0.29, 0.717) is 18.3 Å². The summed E-state index contributed by atoms with van der Waals surface area (Å²) in [6.45, 7) is 4.60. The van der Waals surface area contributed by atoms with Crippen LogP contribution in [0.15, 0.2) is 21.6 Å². The van der Waals surface area contributed by atoms with E-state index < -0.39 is 10.0 Å². The molecular formula is C13H22N2O3S2. The van der Waals surface area contributed by atoms with Crippen LogP contribution in [-0.2, 0) is 16.6 Å². The topological polar surface area (TPSA) is 71.3 Å². The molecule has 1 aromatic rings. The van der Waals surface area contributed by atoms with E-state index in [1.807, 2.05) is 13.8 Å². The molecule has 1 atom stereocenters. The first-order valence-corrected chi connectivity index (χ1v) is 9.53. The second kappa shape index (κ2) is 6.98. The molecule has 0 bridgehead atoms. The van der Waals surface area contributed by atoms with Gasteiger partial charge in [0.25, 0.3) is 10.0 Å². The molecule has 1 fully saturated rings. The van der Waals surface area contributed by atoms with E-state index in [1.54, 1.807) is 17.8 Å². The SMILES string of the molecule is CC(C)NCc1ccc(S(=O)(=O)NC2CCCSC2)o1. The molecular weight excluding hydrogens is 296 g/mol. The Labute approximate surface area is 124 Å². The zero-order valence-electron chi connectivity index (χ0n) is 11.9. The molecule has 0 aliphatic carbocycles. The summed E-state index contributed by atoms with van der Waals surface area (Å²) in [5.74, 6) is 2.59. The highest BCUT2D eigenvalue weighted by atomic mass is 32.2. The molecule has 5 nitrogen and oxygen atoms in total. The van der Waals surface area contributed by atoms with Crippen LogP contribution in [0.5, 0.6) is 0 Å². The molecule has 1 aromatic heterocycles. The molecule has 20 heavy (non-hydrogen) atoms. The third-order valence-electron chi connectivity index (χ3n) is 3.07. The van der Waals surface area contributed by atoms with E-state index in [9.17, 15) is 8.42 Å². The maximum Gasteiger partial charge on any atom is 0.274 e. The number of hydrogen-bond donors (Lipinski definition) is 2. The lowest BCUT2D eigenvalue weighted by Gasteiger charge is -2.21. The van der Waals surface area contributed by atoms with Crippen molar-refractivity contribution in [2.45, 2.75) is 50.4 Å². The molecule has 114 valence electrons. The van der Waals surface area contributed by atoms with Gasteiger partial charge in [-0.1, -0.05) is 13.8 Å². The van der Waals surface area contributed by atoms with Crippen molar-refractivity contribution in [1.82, 2.24) is 10.0 Å². The van der Waals surface area contributed by atoms with Crippen LogP contribution in [0.3, 0.4) is 0 Å². The van der Waals surface area contributed by atoms with Crippen molar-refractivity contribution in [2.24, 2.45) is 0 Å². The van der Waals surface area contributed by atoms with Crippen molar-refractivity contribution in [2.75, 3.05) is 11.5 Å². The van der Waals surface area contributed by atoms with Crippen molar-refractivity contribution in [3.05, 3.63) is 17.9 Å². The number of furan rings is 1. The van der Waals surface area contributed by atoms with E-state index in [-0.39, 0.29) is 11.1 Å². The predicted octanol–water partition coefficient (Wildman–Crippen LogP) is 1.95. The zero-order valence-corrected chi connectivity index (χ0v) is 13.5. The summed E-state index contributed by atoms with van der Waals surface area (Å²) in [7, 11) is -3.54. The standard InChI is InChI=1S/C13H22N2O3S2/c1-10(2)14-8-12-5-6-13(18-12)20(16,17)15-11-4-3-7-19-9-11/h5-6,10-11,14-15H,3-4,7-9H2,1-2H3. The third-order valence-corrected chi connectivity index (χ3v) is 5.68. The predicted molar refractivity (Wildman–Crippen MR) is 81.4 cm³/mol. The van der Waals surface area contributed by atoms with Crippen molar-refractivity contribution in [1.29, 1.82) is 0 Å². The lowest BCUT2D eigenvalue weighted by atomic mass is 10.2. The van der Waals surface area contributed by atoms with Crippen molar-refractivity contribution < 1.29 is 12.8 Å². The molecule has 0 amide bonds. The molecule has 0 aromatic carbocycles. The zero-order chi connectivity index (χ0) is 14.6. The highest BCUT2D eigenvalue weighted by Crippen LogP contribution is 2.20. The Hall–Kier alpha value is -0.500. The lowest BCUT2D eigenvalue weighted by molar-refractivity contribution is 0.391. The van der Waals surface area contributed by atoms with Crippen molar-refractivity contribution in [3.63, 3.8) is 0 Å². The minimum absolute atomic E-state index is 0.00799. The maximum atomic E-state index is 12.2. The van der Waals surface area contributed by atoms with Gasteiger partial charge >= 0.3 is 0 Å². The normalized spacial score (nSPS) is 20.4. The highest BCUT2D eigenvalue weighted by molar-refractivity contribution is 7.99. The van der Waals surface area contributed by atoms with Crippen LogP contribution in [0.1, 0.15) is 32.4 Å². The van der Waals surface area contributed by atoms with E-state index in [0.717, 1.165) is 24.3 Å². The van der Waals surface area contributed by atoms with Crippen LogP contribution in [0.25, 0.3) is 0 Å². The number of rotatable bonds is 6. The summed E-state index contributed by atoms with van der Waals surface area (Å²) in [5, 5.41) is 3.20. The van der Waals surface area contributed by atoms with Gasteiger partial charge in [-0.05, 0) is 30.7 Å². The smallest absolute Gasteiger partial charge is 0.274 e. The quantitative estimate of drug-likeness (QED) is 0.839. The number of sulfonamides is 1. The largest absolute Gasteiger partial charge is 0.447 e. The van der Waals surface area contributed by atoms with Gasteiger partial charge in [0.1, 0.15) is 5.76 Å². The lowest BCUT2D eigenvalue weighted by Crippen LogP contribution is -2.38. The minimum atomic E-state index is -3.54. The summed E-state index contributed by atoms with van der Waals surface area (Å²) in [5.41, 5.74) is 0. The molecule has 2 heterocycles. The van der Waals surface area contributed by atoms with Gasteiger partial charge in [-0.3, -0.25) is 0 Å². The molecule has 1 unspecified atom stereocenters. The van der Waals surface area contributed by atoms with E-state index >= 15 is 0 Å². The number of nitrogens with one attached hydrogen (secondary N) is 2. The summed E-state index contributed by atoms with van der Waals surface area (Å²) in [6, 6.07) is 3.58. The van der Waals surface area contributed by atoms with Gasteiger partial charge in [-0.2, -0.15) is 11.8 Å². The van der Waals surface area contributed by atoms with Crippen molar-refractivity contribution in [3.8, 4) is 0 Å². The van der Waals surface area contributed by atoms with Crippen molar-refractivity contribution >= 4 is 21.8 Å².